The summed E-state index contributed by atoms with van der Waals surface area (Å²) < 4.78 is 5.47. The predicted octanol–water partition coefficient (Wildman–Crippen LogP) is 6.14. The average molecular weight is 542 g/mol. The Labute approximate surface area is 234 Å². The van der Waals surface area contributed by atoms with Crippen LogP contribution in [-0.4, -0.2) is 54.5 Å². The summed E-state index contributed by atoms with van der Waals surface area (Å²) in [6, 6.07) is 21.8. The Balaban J connectivity index is 1.46. The summed E-state index contributed by atoms with van der Waals surface area (Å²) in [5.41, 5.74) is 4.27. The molecule has 0 bridgehead atoms. The van der Waals surface area contributed by atoms with E-state index < -0.39 is 4.92 Å². The number of nitrogens with zero attached hydrogens (tertiary/aromatic N) is 4. The molecule has 208 valence electrons. The van der Waals surface area contributed by atoms with Crippen molar-refractivity contribution in [3.8, 4) is 5.75 Å². The molecule has 0 radical (unpaired) electrons. The number of rotatable bonds is 12. The van der Waals surface area contributed by atoms with Crippen LogP contribution in [0.3, 0.4) is 0 Å². The standard InChI is InChI=1S/C31H35N5O4/c1-22(33-29-20-28(40-4)19-25-8-5-17-32-30(25)29)7-6-18-35(21-23-9-13-26(14-10-23)34(2)3)31(37)24-11-15-27(16-12-24)36(38)39/h5,8-17,19-20,22,33H,6-7,18,21H2,1-4H3. The van der Waals surface area contributed by atoms with Crippen LogP contribution < -0.4 is 15.0 Å². The van der Waals surface area contributed by atoms with E-state index >= 15 is 0 Å². The number of non-ortho nitro benzene ring substituents is 1. The number of fused-ring (bicyclic) bond motifs is 1. The van der Waals surface area contributed by atoms with Crippen LogP contribution >= 0.6 is 0 Å². The third kappa shape index (κ3) is 7.05. The first-order valence-corrected chi connectivity index (χ1v) is 13.2. The molecular formula is C31H35N5O4. The number of pyridine rings is 1. The van der Waals surface area contributed by atoms with Crippen LogP contribution in [0.2, 0.25) is 0 Å². The van der Waals surface area contributed by atoms with E-state index in [9.17, 15) is 14.9 Å². The Hall–Kier alpha value is -4.66. The highest BCUT2D eigenvalue weighted by molar-refractivity contribution is 5.94. The smallest absolute Gasteiger partial charge is 0.269 e. The van der Waals surface area contributed by atoms with Crippen molar-refractivity contribution in [3.05, 3.63) is 100 Å². The fraction of sp³-hybridized carbons (Fsp3) is 0.290. The molecule has 4 rings (SSSR count). The van der Waals surface area contributed by atoms with Gasteiger partial charge in [0.1, 0.15) is 5.75 Å². The maximum atomic E-state index is 13.5. The van der Waals surface area contributed by atoms with Crippen molar-refractivity contribution in [2.24, 2.45) is 0 Å². The fourth-order valence-electron chi connectivity index (χ4n) is 4.60. The van der Waals surface area contributed by atoms with E-state index in [0.29, 0.717) is 18.7 Å². The van der Waals surface area contributed by atoms with Gasteiger partial charge < -0.3 is 19.9 Å². The molecule has 0 aliphatic heterocycles. The first-order chi connectivity index (χ1) is 19.2. The zero-order valence-corrected chi connectivity index (χ0v) is 23.3. The lowest BCUT2D eigenvalue weighted by Crippen LogP contribution is -2.32. The molecule has 0 saturated heterocycles. The van der Waals surface area contributed by atoms with Gasteiger partial charge in [-0.2, -0.15) is 0 Å². The van der Waals surface area contributed by atoms with Crippen molar-refractivity contribution in [1.29, 1.82) is 0 Å². The summed E-state index contributed by atoms with van der Waals surface area (Å²) in [5, 5.41) is 15.6. The minimum atomic E-state index is -0.465. The molecule has 0 fully saturated rings. The predicted molar refractivity (Wildman–Crippen MR) is 159 cm³/mol. The molecule has 0 aliphatic carbocycles. The maximum Gasteiger partial charge on any atom is 0.269 e. The second-order valence-electron chi connectivity index (χ2n) is 10.0. The highest BCUT2D eigenvalue weighted by Crippen LogP contribution is 2.28. The number of methoxy groups -OCH3 is 1. The molecule has 0 saturated carbocycles. The van der Waals surface area contributed by atoms with Crippen molar-refractivity contribution in [2.75, 3.05) is 38.0 Å². The average Bonchev–Trinajstić information content (AvgIpc) is 2.96. The van der Waals surface area contributed by atoms with E-state index in [1.165, 1.54) is 24.3 Å². The van der Waals surface area contributed by atoms with Crippen LogP contribution in [0, 0.1) is 10.1 Å². The van der Waals surface area contributed by atoms with E-state index in [1.54, 1.807) is 18.2 Å². The van der Waals surface area contributed by atoms with Gasteiger partial charge in [-0.05, 0) is 61.7 Å². The number of anilines is 2. The highest BCUT2D eigenvalue weighted by Gasteiger charge is 2.18. The van der Waals surface area contributed by atoms with Gasteiger partial charge in [-0.1, -0.05) is 18.2 Å². The summed E-state index contributed by atoms with van der Waals surface area (Å²) in [4.78, 5) is 32.5. The van der Waals surface area contributed by atoms with Crippen LogP contribution in [0.15, 0.2) is 79.0 Å². The number of carbonyl (C=O) groups excluding carboxylic acids is 1. The van der Waals surface area contributed by atoms with Gasteiger partial charge in [0.2, 0.25) is 0 Å². The third-order valence-electron chi connectivity index (χ3n) is 6.82. The van der Waals surface area contributed by atoms with Gasteiger partial charge in [0.25, 0.3) is 11.6 Å². The number of aromatic nitrogens is 1. The van der Waals surface area contributed by atoms with Crippen LogP contribution in [0.25, 0.3) is 10.9 Å². The summed E-state index contributed by atoms with van der Waals surface area (Å²) in [6.07, 6.45) is 3.35. The van der Waals surface area contributed by atoms with Gasteiger partial charge >= 0.3 is 0 Å². The van der Waals surface area contributed by atoms with E-state index in [-0.39, 0.29) is 17.6 Å². The Kier molecular flexibility index (Phi) is 9.16. The lowest BCUT2D eigenvalue weighted by Gasteiger charge is -2.25. The Bertz CT molecular complexity index is 1460. The molecule has 1 amide bonds. The molecule has 40 heavy (non-hydrogen) atoms. The molecule has 1 unspecified atom stereocenters. The summed E-state index contributed by atoms with van der Waals surface area (Å²) in [6.45, 7) is 3.08. The van der Waals surface area contributed by atoms with Gasteiger partial charge in [0, 0.05) is 74.3 Å². The highest BCUT2D eigenvalue weighted by atomic mass is 16.6. The van der Waals surface area contributed by atoms with E-state index in [2.05, 4.69) is 17.2 Å². The van der Waals surface area contributed by atoms with Gasteiger partial charge in [-0.15, -0.1) is 0 Å². The monoisotopic (exact) mass is 541 g/mol. The van der Waals surface area contributed by atoms with Gasteiger partial charge in [0.15, 0.2) is 0 Å². The fourth-order valence-corrected chi connectivity index (χ4v) is 4.60. The Morgan fingerprint density at radius 1 is 1.07 bits per heavy atom. The number of hydrogen-bond donors (Lipinski definition) is 1. The maximum absolute atomic E-state index is 13.5. The van der Waals surface area contributed by atoms with Crippen LogP contribution in [0.4, 0.5) is 17.1 Å². The molecule has 4 aromatic rings. The van der Waals surface area contributed by atoms with Gasteiger partial charge in [-0.25, -0.2) is 0 Å². The molecule has 0 aliphatic rings. The first kappa shape index (κ1) is 28.4. The molecular weight excluding hydrogens is 506 g/mol. The SMILES string of the molecule is COc1cc(NC(C)CCCN(Cc2ccc(N(C)C)cc2)C(=O)c2ccc([N+](=O)[O-])cc2)c2ncccc2c1. The van der Waals surface area contributed by atoms with E-state index in [1.807, 2.05) is 67.5 Å². The Morgan fingerprint density at radius 3 is 2.45 bits per heavy atom. The largest absolute Gasteiger partial charge is 0.497 e. The number of nitrogens with one attached hydrogen (secondary N) is 1. The third-order valence-corrected chi connectivity index (χ3v) is 6.82. The van der Waals surface area contributed by atoms with Crippen LogP contribution in [-0.2, 0) is 6.54 Å². The zero-order chi connectivity index (χ0) is 28.6. The normalized spacial score (nSPS) is 11.6. The summed E-state index contributed by atoms with van der Waals surface area (Å²) in [5.74, 6) is 0.602. The minimum absolute atomic E-state index is 0.0400. The van der Waals surface area contributed by atoms with Gasteiger partial charge in [0.05, 0.1) is 23.2 Å². The Morgan fingerprint density at radius 2 is 1.80 bits per heavy atom. The molecule has 1 heterocycles. The van der Waals surface area contributed by atoms with Gasteiger partial charge in [-0.3, -0.25) is 19.9 Å². The second kappa shape index (κ2) is 12.9. The van der Waals surface area contributed by atoms with E-state index in [4.69, 9.17) is 4.74 Å². The number of hydrogen-bond acceptors (Lipinski definition) is 7. The van der Waals surface area contributed by atoms with Crippen LogP contribution in [0.1, 0.15) is 35.7 Å². The molecule has 1 N–H and O–H groups in total. The number of amides is 1. The molecule has 9 heteroatoms. The second-order valence-corrected chi connectivity index (χ2v) is 10.0. The summed E-state index contributed by atoms with van der Waals surface area (Å²) in [7, 11) is 5.62. The molecule has 0 spiro atoms. The quantitative estimate of drug-likeness (QED) is 0.170. The number of nitro benzene ring substituents is 1. The number of carbonyl (C=O) groups is 1. The molecule has 9 nitrogen and oxygen atoms in total. The van der Waals surface area contributed by atoms with Crippen molar-refractivity contribution < 1.29 is 14.5 Å². The van der Waals surface area contributed by atoms with Crippen molar-refractivity contribution in [1.82, 2.24) is 9.88 Å². The number of ether oxygens (including phenoxy) is 1. The summed E-state index contributed by atoms with van der Waals surface area (Å²) >= 11 is 0. The molecule has 1 aromatic heterocycles. The number of nitro groups is 1. The minimum Gasteiger partial charge on any atom is -0.497 e. The van der Waals surface area contributed by atoms with Crippen molar-refractivity contribution in [3.63, 3.8) is 0 Å². The lowest BCUT2D eigenvalue weighted by molar-refractivity contribution is -0.384. The lowest BCUT2D eigenvalue weighted by atomic mass is 10.1. The van der Waals surface area contributed by atoms with E-state index in [0.717, 1.165) is 46.4 Å². The van der Waals surface area contributed by atoms with Crippen molar-refractivity contribution >= 4 is 33.9 Å². The molecule has 3 aromatic carbocycles. The molecule has 1 atom stereocenters. The first-order valence-electron chi connectivity index (χ1n) is 13.2. The topological polar surface area (TPSA) is 101 Å². The van der Waals surface area contributed by atoms with Crippen LogP contribution in [0.5, 0.6) is 5.75 Å². The zero-order valence-electron chi connectivity index (χ0n) is 23.3. The number of benzene rings is 3. The van der Waals surface area contributed by atoms with Crippen molar-refractivity contribution in [2.45, 2.75) is 32.4 Å².